The van der Waals surface area contributed by atoms with E-state index < -0.39 is 11.8 Å². The molecule has 0 aliphatic rings. The Balaban J connectivity index is 1.62. The summed E-state index contributed by atoms with van der Waals surface area (Å²) in [5, 5.41) is 6.87. The van der Waals surface area contributed by atoms with Gasteiger partial charge >= 0.3 is 11.8 Å². The van der Waals surface area contributed by atoms with Gasteiger partial charge in [-0.3, -0.25) is 9.59 Å². The number of benzene rings is 1. The summed E-state index contributed by atoms with van der Waals surface area (Å²) < 4.78 is 18.0. The van der Waals surface area contributed by atoms with Crippen molar-refractivity contribution in [2.45, 2.75) is 6.54 Å². The van der Waals surface area contributed by atoms with Crippen molar-refractivity contribution in [3.8, 4) is 5.75 Å². The van der Waals surface area contributed by atoms with Crippen LogP contribution in [0.5, 0.6) is 5.75 Å². The van der Waals surface area contributed by atoms with Crippen molar-refractivity contribution in [2.75, 3.05) is 13.2 Å². The number of carbonyl (C=O) groups is 2. The van der Waals surface area contributed by atoms with Crippen molar-refractivity contribution >= 4 is 23.2 Å². The van der Waals surface area contributed by atoms with Gasteiger partial charge in [0.2, 0.25) is 0 Å². The van der Waals surface area contributed by atoms with E-state index in [1.165, 1.54) is 35.6 Å². The summed E-state index contributed by atoms with van der Waals surface area (Å²) in [5.74, 6) is -1.24. The largest absolute Gasteiger partial charge is 0.492 e. The fraction of sp³-hybridized carbons (Fsp3) is 0.200. The minimum atomic E-state index is -0.709. The number of carbonyl (C=O) groups excluding carboxylic acids is 2. The summed E-state index contributed by atoms with van der Waals surface area (Å²) >= 11 is 1.50. The Morgan fingerprint density at radius 3 is 2.50 bits per heavy atom. The molecule has 116 valence electrons. The molecule has 1 aromatic heterocycles. The molecule has 0 aliphatic carbocycles. The number of thiophene rings is 1. The van der Waals surface area contributed by atoms with Crippen LogP contribution in [-0.4, -0.2) is 25.0 Å². The first-order chi connectivity index (χ1) is 10.6. The van der Waals surface area contributed by atoms with Gasteiger partial charge in [-0.15, -0.1) is 11.3 Å². The fourth-order valence-electron chi connectivity index (χ4n) is 1.61. The molecule has 0 radical (unpaired) electrons. The average Bonchev–Trinajstić information content (AvgIpc) is 3.04. The molecule has 0 spiro atoms. The Kier molecular flexibility index (Phi) is 5.91. The maximum Gasteiger partial charge on any atom is 0.309 e. The van der Waals surface area contributed by atoms with E-state index in [1.807, 2.05) is 17.5 Å². The van der Waals surface area contributed by atoms with E-state index in [-0.39, 0.29) is 19.0 Å². The summed E-state index contributed by atoms with van der Waals surface area (Å²) in [7, 11) is 0. The summed E-state index contributed by atoms with van der Waals surface area (Å²) in [6, 6.07) is 9.30. The zero-order valence-corrected chi connectivity index (χ0v) is 12.5. The quantitative estimate of drug-likeness (QED) is 0.628. The molecule has 0 bridgehead atoms. The van der Waals surface area contributed by atoms with Crippen molar-refractivity contribution in [3.63, 3.8) is 0 Å². The molecule has 2 rings (SSSR count). The lowest BCUT2D eigenvalue weighted by Crippen LogP contribution is -2.40. The third kappa shape index (κ3) is 5.17. The van der Waals surface area contributed by atoms with Crippen molar-refractivity contribution in [1.82, 2.24) is 10.6 Å². The second kappa shape index (κ2) is 8.14. The number of hydrogen-bond acceptors (Lipinski definition) is 4. The van der Waals surface area contributed by atoms with Crippen molar-refractivity contribution < 1.29 is 18.7 Å². The van der Waals surface area contributed by atoms with Gasteiger partial charge in [-0.05, 0) is 35.7 Å². The van der Waals surface area contributed by atoms with Crippen LogP contribution < -0.4 is 15.4 Å². The summed E-state index contributed by atoms with van der Waals surface area (Å²) in [5.41, 5.74) is 0. The van der Waals surface area contributed by atoms with Crippen LogP contribution in [0.15, 0.2) is 41.8 Å². The first-order valence-electron chi connectivity index (χ1n) is 6.62. The smallest absolute Gasteiger partial charge is 0.309 e. The minimum absolute atomic E-state index is 0.183. The highest BCUT2D eigenvalue weighted by Gasteiger charge is 2.12. The number of halogens is 1. The fourth-order valence-corrected chi connectivity index (χ4v) is 2.25. The molecule has 7 heteroatoms. The third-order valence-corrected chi connectivity index (χ3v) is 3.56. The van der Waals surface area contributed by atoms with Gasteiger partial charge in [0.15, 0.2) is 0 Å². The molecule has 5 nitrogen and oxygen atoms in total. The summed E-state index contributed by atoms with van der Waals surface area (Å²) in [4.78, 5) is 24.0. The Morgan fingerprint density at radius 2 is 1.82 bits per heavy atom. The predicted octanol–water partition coefficient (Wildman–Crippen LogP) is 1.70. The lowest BCUT2D eigenvalue weighted by atomic mass is 10.3. The molecule has 0 fully saturated rings. The number of amides is 2. The zero-order valence-electron chi connectivity index (χ0n) is 11.7. The molecule has 0 saturated carbocycles. The van der Waals surface area contributed by atoms with Gasteiger partial charge < -0.3 is 15.4 Å². The molecule has 0 atom stereocenters. The highest BCUT2D eigenvalue weighted by atomic mass is 32.1. The van der Waals surface area contributed by atoms with Crippen LogP contribution in [0.4, 0.5) is 4.39 Å². The van der Waals surface area contributed by atoms with Crippen LogP contribution in [0.3, 0.4) is 0 Å². The van der Waals surface area contributed by atoms with Gasteiger partial charge in [0.05, 0.1) is 13.1 Å². The van der Waals surface area contributed by atoms with Crippen molar-refractivity contribution in [3.05, 3.63) is 52.5 Å². The van der Waals surface area contributed by atoms with Crippen LogP contribution in [0, 0.1) is 5.82 Å². The summed E-state index contributed by atoms with van der Waals surface area (Å²) in [6.07, 6.45) is 0. The van der Waals surface area contributed by atoms with E-state index in [4.69, 9.17) is 4.74 Å². The molecule has 2 amide bonds. The van der Waals surface area contributed by atoms with E-state index in [2.05, 4.69) is 10.6 Å². The Labute approximate surface area is 131 Å². The van der Waals surface area contributed by atoms with Gasteiger partial charge in [-0.2, -0.15) is 0 Å². The van der Waals surface area contributed by atoms with E-state index in [9.17, 15) is 14.0 Å². The monoisotopic (exact) mass is 322 g/mol. The molecule has 22 heavy (non-hydrogen) atoms. The number of rotatable bonds is 6. The predicted molar refractivity (Wildman–Crippen MR) is 81.1 cm³/mol. The first-order valence-corrected chi connectivity index (χ1v) is 7.50. The van der Waals surface area contributed by atoms with Gasteiger partial charge in [-0.1, -0.05) is 6.07 Å². The molecular weight excluding hydrogens is 307 g/mol. The van der Waals surface area contributed by atoms with Gasteiger partial charge in [0.25, 0.3) is 0 Å². The molecule has 0 saturated heterocycles. The molecule has 1 aromatic carbocycles. The highest BCUT2D eigenvalue weighted by molar-refractivity contribution is 7.09. The van der Waals surface area contributed by atoms with Gasteiger partial charge in [0.1, 0.15) is 18.2 Å². The lowest BCUT2D eigenvalue weighted by Gasteiger charge is -2.07. The van der Waals surface area contributed by atoms with Gasteiger partial charge in [0, 0.05) is 4.88 Å². The normalized spacial score (nSPS) is 10.0. The molecule has 2 N–H and O–H groups in total. The van der Waals surface area contributed by atoms with E-state index in [1.54, 1.807) is 0 Å². The van der Waals surface area contributed by atoms with Crippen LogP contribution in [0.2, 0.25) is 0 Å². The number of ether oxygens (including phenoxy) is 1. The van der Waals surface area contributed by atoms with Gasteiger partial charge in [-0.25, -0.2) is 4.39 Å². The number of hydrogen-bond donors (Lipinski definition) is 2. The molecule has 0 unspecified atom stereocenters. The third-order valence-electron chi connectivity index (χ3n) is 2.68. The minimum Gasteiger partial charge on any atom is -0.492 e. The second-order valence-electron chi connectivity index (χ2n) is 4.32. The Hall–Kier alpha value is -2.41. The molecular formula is C15H15FN2O3S. The Morgan fingerprint density at radius 1 is 1.09 bits per heavy atom. The second-order valence-corrected chi connectivity index (χ2v) is 5.35. The van der Waals surface area contributed by atoms with Crippen LogP contribution in [-0.2, 0) is 16.1 Å². The summed E-state index contributed by atoms with van der Waals surface area (Å²) in [6.45, 7) is 0.703. The van der Waals surface area contributed by atoms with E-state index >= 15 is 0 Å². The maximum absolute atomic E-state index is 12.7. The highest BCUT2D eigenvalue weighted by Crippen LogP contribution is 2.10. The topological polar surface area (TPSA) is 67.4 Å². The zero-order chi connectivity index (χ0) is 15.8. The molecule has 0 aliphatic heterocycles. The average molecular weight is 322 g/mol. The molecule has 2 aromatic rings. The Bertz CT molecular complexity index is 614. The van der Waals surface area contributed by atoms with E-state index in [0.717, 1.165) is 4.88 Å². The van der Waals surface area contributed by atoms with Crippen LogP contribution >= 0.6 is 11.3 Å². The standard InChI is InChI=1S/C15H15FN2O3S/c16-11-3-5-12(6-4-11)21-8-7-17-14(19)15(20)18-10-13-2-1-9-22-13/h1-6,9H,7-8,10H2,(H,17,19)(H,18,20). The maximum atomic E-state index is 12.7. The number of nitrogens with one attached hydrogen (secondary N) is 2. The lowest BCUT2D eigenvalue weighted by molar-refractivity contribution is -0.139. The first kappa shape index (κ1) is 16.0. The van der Waals surface area contributed by atoms with E-state index in [0.29, 0.717) is 12.3 Å². The SMILES string of the molecule is O=C(NCCOc1ccc(F)cc1)C(=O)NCc1cccs1. The van der Waals surface area contributed by atoms with Crippen molar-refractivity contribution in [2.24, 2.45) is 0 Å². The molecule has 1 heterocycles. The van der Waals surface area contributed by atoms with Crippen molar-refractivity contribution in [1.29, 1.82) is 0 Å². The van der Waals surface area contributed by atoms with Crippen LogP contribution in [0.1, 0.15) is 4.88 Å². The van der Waals surface area contributed by atoms with Crippen LogP contribution in [0.25, 0.3) is 0 Å².